The van der Waals surface area contributed by atoms with E-state index in [2.05, 4.69) is 10.4 Å². The highest BCUT2D eigenvalue weighted by molar-refractivity contribution is 7.89. The highest BCUT2D eigenvalue weighted by Gasteiger charge is 2.30. The summed E-state index contributed by atoms with van der Waals surface area (Å²) in [5.74, 6) is 0. The van der Waals surface area contributed by atoms with Gasteiger partial charge in [-0.05, 0) is 13.0 Å². The van der Waals surface area contributed by atoms with E-state index in [0.717, 1.165) is 0 Å². The van der Waals surface area contributed by atoms with E-state index < -0.39 is 10.0 Å². The van der Waals surface area contributed by atoms with Gasteiger partial charge in [-0.1, -0.05) is 0 Å². The number of nitrogens with zero attached hydrogens (tertiary/aromatic N) is 3. The summed E-state index contributed by atoms with van der Waals surface area (Å²) in [7, 11) is -1.75. The minimum atomic E-state index is -3.39. The van der Waals surface area contributed by atoms with Gasteiger partial charge in [-0.2, -0.15) is 9.40 Å². The third-order valence-electron chi connectivity index (χ3n) is 2.71. The van der Waals surface area contributed by atoms with Crippen LogP contribution in [0.1, 0.15) is 6.92 Å². The molecule has 0 aromatic carbocycles. The van der Waals surface area contributed by atoms with Gasteiger partial charge in [0, 0.05) is 32.7 Å². The second kappa shape index (κ2) is 4.15. The van der Waals surface area contributed by atoms with Crippen LogP contribution in [0.3, 0.4) is 0 Å². The second-order valence-corrected chi connectivity index (χ2v) is 5.90. The van der Waals surface area contributed by atoms with Gasteiger partial charge in [0.25, 0.3) is 10.0 Å². The zero-order valence-corrected chi connectivity index (χ0v) is 10.2. The molecule has 1 saturated heterocycles. The molecule has 0 aliphatic carbocycles. The largest absolute Gasteiger partial charge is 0.312 e. The van der Waals surface area contributed by atoms with Crippen LogP contribution in [0.15, 0.2) is 17.3 Å². The first-order chi connectivity index (χ1) is 7.51. The van der Waals surface area contributed by atoms with E-state index in [4.69, 9.17) is 0 Å². The average molecular weight is 244 g/mol. The molecule has 1 aliphatic heterocycles. The van der Waals surface area contributed by atoms with Gasteiger partial charge in [0.05, 0.1) is 6.20 Å². The number of rotatable bonds is 2. The molecule has 90 valence electrons. The predicted octanol–water partition coefficient (Wildman–Crippen LogP) is -0.597. The maximum absolute atomic E-state index is 12.3. The highest BCUT2D eigenvalue weighted by Crippen LogP contribution is 2.15. The number of hydrogen-bond donors (Lipinski definition) is 1. The molecular weight excluding hydrogens is 228 g/mol. The van der Waals surface area contributed by atoms with Crippen LogP contribution < -0.4 is 5.32 Å². The van der Waals surface area contributed by atoms with Crippen molar-refractivity contribution in [1.29, 1.82) is 0 Å². The van der Waals surface area contributed by atoms with Crippen molar-refractivity contribution < 1.29 is 8.42 Å². The molecule has 1 aromatic heterocycles. The van der Waals surface area contributed by atoms with Gasteiger partial charge in [0.15, 0.2) is 5.03 Å². The van der Waals surface area contributed by atoms with Crippen LogP contribution in [-0.2, 0) is 17.1 Å². The molecule has 6 nitrogen and oxygen atoms in total. The topological polar surface area (TPSA) is 67.2 Å². The highest BCUT2D eigenvalue weighted by atomic mass is 32.2. The SMILES string of the molecule is C[C@@H]1CN(S(=O)(=O)c2ccnn2C)CCN1. The molecule has 1 atom stereocenters. The fourth-order valence-electron chi connectivity index (χ4n) is 1.86. The van der Waals surface area contributed by atoms with Crippen molar-refractivity contribution in [3.8, 4) is 0 Å². The summed E-state index contributed by atoms with van der Waals surface area (Å²) in [6, 6.07) is 1.72. The third kappa shape index (κ3) is 1.98. The van der Waals surface area contributed by atoms with Crippen molar-refractivity contribution in [3.05, 3.63) is 12.3 Å². The Kier molecular flexibility index (Phi) is 3.00. The lowest BCUT2D eigenvalue weighted by atomic mass is 10.3. The first kappa shape index (κ1) is 11.6. The number of nitrogens with one attached hydrogen (secondary N) is 1. The normalized spacial score (nSPS) is 23.5. The quantitative estimate of drug-likeness (QED) is 0.754. The Morgan fingerprint density at radius 3 is 2.88 bits per heavy atom. The van der Waals surface area contributed by atoms with Crippen LogP contribution in [0.2, 0.25) is 0 Å². The smallest absolute Gasteiger partial charge is 0.260 e. The van der Waals surface area contributed by atoms with E-state index in [1.165, 1.54) is 21.3 Å². The molecule has 0 unspecified atom stereocenters. The molecule has 1 fully saturated rings. The summed E-state index contributed by atoms with van der Waals surface area (Å²) in [4.78, 5) is 0. The first-order valence-electron chi connectivity index (χ1n) is 5.23. The number of aromatic nitrogens is 2. The maximum Gasteiger partial charge on any atom is 0.260 e. The van der Waals surface area contributed by atoms with E-state index >= 15 is 0 Å². The summed E-state index contributed by atoms with van der Waals surface area (Å²) >= 11 is 0. The number of piperazine rings is 1. The van der Waals surface area contributed by atoms with E-state index in [1.807, 2.05) is 6.92 Å². The van der Waals surface area contributed by atoms with Crippen molar-refractivity contribution >= 4 is 10.0 Å². The maximum atomic E-state index is 12.3. The Morgan fingerprint density at radius 1 is 1.56 bits per heavy atom. The molecule has 16 heavy (non-hydrogen) atoms. The molecule has 0 saturated carbocycles. The van der Waals surface area contributed by atoms with Crippen LogP contribution in [0.4, 0.5) is 0 Å². The fraction of sp³-hybridized carbons (Fsp3) is 0.667. The Morgan fingerprint density at radius 2 is 2.31 bits per heavy atom. The molecule has 0 spiro atoms. The molecule has 2 heterocycles. The molecule has 2 rings (SSSR count). The van der Waals surface area contributed by atoms with Crippen LogP contribution in [0, 0.1) is 0 Å². The predicted molar refractivity (Wildman–Crippen MR) is 59.4 cm³/mol. The van der Waals surface area contributed by atoms with Gasteiger partial charge in [0.2, 0.25) is 0 Å². The summed E-state index contributed by atoms with van der Waals surface area (Å²) in [6.07, 6.45) is 1.50. The number of sulfonamides is 1. The molecule has 0 radical (unpaired) electrons. The molecule has 0 amide bonds. The number of hydrogen-bond acceptors (Lipinski definition) is 4. The van der Waals surface area contributed by atoms with Gasteiger partial charge >= 0.3 is 0 Å². The summed E-state index contributed by atoms with van der Waals surface area (Å²) in [5.41, 5.74) is 0. The zero-order chi connectivity index (χ0) is 11.8. The van der Waals surface area contributed by atoms with Gasteiger partial charge in [-0.3, -0.25) is 4.68 Å². The molecular formula is C9H16N4O2S. The second-order valence-electron chi connectivity index (χ2n) is 4.01. The van der Waals surface area contributed by atoms with Gasteiger partial charge in [0.1, 0.15) is 0 Å². The zero-order valence-electron chi connectivity index (χ0n) is 9.42. The van der Waals surface area contributed by atoms with Crippen LogP contribution >= 0.6 is 0 Å². The van der Waals surface area contributed by atoms with Gasteiger partial charge in [-0.25, -0.2) is 8.42 Å². The molecule has 1 aromatic rings. The minimum Gasteiger partial charge on any atom is -0.312 e. The van der Waals surface area contributed by atoms with E-state index in [9.17, 15) is 8.42 Å². The lowest BCUT2D eigenvalue weighted by Gasteiger charge is -2.30. The van der Waals surface area contributed by atoms with E-state index in [-0.39, 0.29) is 11.1 Å². The molecule has 7 heteroatoms. The van der Waals surface area contributed by atoms with Crippen LogP contribution in [-0.4, -0.2) is 48.2 Å². The Balaban J connectivity index is 2.29. The Bertz CT molecular complexity index is 468. The summed E-state index contributed by atoms with van der Waals surface area (Å²) in [5, 5.41) is 7.36. The number of aryl methyl sites for hydroxylation is 1. The van der Waals surface area contributed by atoms with Crippen molar-refractivity contribution in [3.63, 3.8) is 0 Å². The lowest BCUT2D eigenvalue weighted by molar-refractivity contribution is 0.308. The van der Waals surface area contributed by atoms with E-state index in [1.54, 1.807) is 7.05 Å². The van der Waals surface area contributed by atoms with Crippen molar-refractivity contribution in [2.45, 2.75) is 18.0 Å². The van der Waals surface area contributed by atoms with Crippen molar-refractivity contribution in [1.82, 2.24) is 19.4 Å². The van der Waals surface area contributed by atoms with Crippen molar-refractivity contribution in [2.24, 2.45) is 7.05 Å². The molecule has 1 N–H and O–H groups in total. The lowest BCUT2D eigenvalue weighted by Crippen LogP contribution is -2.51. The van der Waals surface area contributed by atoms with Crippen molar-refractivity contribution in [2.75, 3.05) is 19.6 Å². The Hall–Kier alpha value is -0.920. The minimum absolute atomic E-state index is 0.191. The fourth-order valence-corrected chi connectivity index (χ4v) is 3.49. The van der Waals surface area contributed by atoms with E-state index in [0.29, 0.717) is 19.6 Å². The van der Waals surface area contributed by atoms with Crippen LogP contribution in [0.25, 0.3) is 0 Å². The summed E-state index contributed by atoms with van der Waals surface area (Å²) < 4.78 is 27.4. The van der Waals surface area contributed by atoms with Crippen LogP contribution in [0.5, 0.6) is 0 Å². The Labute approximate surface area is 95.3 Å². The third-order valence-corrected chi connectivity index (χ3v) is 4.65. The average Bonchev–Trinajstić information content (AvgIpc) is 2.65. The summed E-state index contributed by atoms with van der Waals surface area (Å²) in [6.45, 7) is 3.69. The molecule has 1 aliphatic rings. The molecule has 0 bridgehead atoms. The first-order valence-corrected chi connectivity index (χ1v) is 6.67. The standard InChI is InChI=1S/C9H16N4O2S/c1-8-7-13(6-5-10-8)16(14,15)9-3-4-11-12(9)2/h3-4,8,10H,5-7H2,1-2H3/t8-/m1/s1. The monoisotopic (exact) mass is 244 g/mol. The van der Waals surface area contributed by atoms with Gasteiger partial charge < -0.3 is 5.32 Å². The van der Waals surface area contributed by atoms with Gasteiger partial charge in [-0.15, -0.1) is 0 Å².